The second-order valence-electron chi connectivity index (χ2n) is 6.41. The molecule has 1 saturated heterocycles. The largest absolute Gasteiger partial charge is 0.495 e. The number of methoxy groups -OCH3 is 1. The van der Waals surface area contributed by atoms with Crippen LogP contribution in [-0.4, -0.2) is 58.6 Å². The molecule has 0 aliphatic carbocycles. The van der Waals surface area contributed by atoms with Crippen molar-refractivity contribution in [1.82, 2.24) is 4.31 Å². The van der Waals surface area contributed by atoms with Crippen molar-refractivity contribution in [3.8, 4) is 5.75 Å². The van der Waals surface area contributed by atoms with Crippen LogP contribution in [0, 0.1) is 0 Å². The lowest BCUT2D eigenvalue weighted by atomic mass is 10.3. The molecule has 1 fully saturated rings. The van der Waals surface area contributed by atoms with E-state index in [-0.39, 0.29) is 36.2 Å². The highest BCUT2D eigenvalue weighted by Gasteiger charge is 2.29. The summed E-state index contributed by atoms with van der Waals surface area (Å²) in [5, 5.41) is 6.40. The lowest BCUT2D eigenvalue weighted by Crippen LogP contribution is -2.40. The highest BCUT2D eigenvalue weighted by atomic mass is 35.5. The van der Waals surface area contributed by atoms with E-state index in [2.05, 4.69) is 10.6 Å². The molecule has 1 amide bonds. The molecule has 1 aliphatic heterocycles. The molecule has 2 aromatic carbocycles. The Morgan fingerprint density at radius 2 is 1.80 bits per heavy atom. The van der Waals surface area contributed by atoms with Crippen molar-refractivity contribution in [2.45, 2.75) is 4.90 Å². The van der Waals surface area contributed by atoms with Crippen LogP contribution in [0.5, 0.6) is 5.75 Å². The minimum Gasteiger partial charge on any atom is -0.495 e. The molecule has 3 rings (SSSR count). The van der Waals surface area contributed by atoms with Crippen molar-refractivity contribution < 1.29 is 22.7 Å². The van der Waals surface area contributed by atoms with Gasteiger partial charge in [0.2, 0.25) is 15.9 Å². The van der Waals surface area contributed by atoms with E-state index in [0.29, 0.717) is 34.6 Å². The quantitative estimate of drug-likeness (QED) is 0.641. The van der Waals surface area contributed by atoms with E-state index < -0.39 is 10.0 Å². The van der Waals surface area contributed by atoms with Crippen molar-refractivity contribution in [2.75, 3.05) is 50.6 Å². The first kappa shape index (κ1) is 22.6. The number of hydrogen-bond acceptors (Lipinski definition) is 6. The first-order chi connectivity index (χ1) is 14.3. The zero-order chi connectivity index (χ0) is 21.7. The normalized spacial score (nSPS) is 14.9. The molecule has 162 valence electrons. The predicted octanol–water partition coefficient (Wildman–Crippen LogP) is 3.07. The van der Waals surface area contributed by atoms with E-state index in [0.717, 1.165) is 0 Å². The van der Waals surface area contributed by atoms with Crippen LogP contribution in [0.15, 0.2) is 41.3 Å². The van der Waals surface area contributed by atoms with Gasteiger partial charge in [-0.1, -0.05) is 23.2 Å². The van der Waals surface area contributed by atoms with Gasteiger partial charge in [-0.2, -0.15) is 4.31 Å². The van der Waals surface area contributed by atoms with Crippen molar-refractivity contribution >= 4 is 50.5 Å². The smallest absolute Gasteiger partial charge is 0.246 e. The summed E-state index contributed by atoms with van der Waals surface area (Å²) in [4.78, 5) is 12.3. The Kier molecular flexibility index (Phi) is 7.43. The first-order valence-corrected chi connectivity index (χ1v) is 11.3. The summed E-state index contributed by atoms with van der Waals surface area (Å²) in [6.07, 6.45) is 0. The molecule has 1 heterocycles. The van der Waals surface area contributed by atoms with Gasteiger partial charge in [0.05, 0.1) is 36.9 Å². The molecule has 0 spiro atoms. The Hall–Kier alpha value is -2.04. The lowest BCUT2D eigenvalue weighted by molar-refractivity contribution is -0.114. The van der Waals surface area contributed by atoms with Gasteiger partial charge < -0.3 is 20.1 Å². The third kappa shape index (κ3) is 5.35. The maximum Gasteiger partial charge on any atom is 0.246 e. The van der Waals surface area contributed by atoms with Gasteiger partial charge in [0, 0.05) is 24.5 Å². The number of carbonyl (C=O) groups excluding carboxylic acids is 1. The number of nitrogens with zero attached hydrogens (tertiary/aromatic N) is 1. The molecule has 0 aromatic heterocycles. The zero-order valence-corrected chi connectivity index (χ0v) is 18.5. The Labute approximate surface area is 185 Å². The van der Waals surface area contributed by atoms with Gasteiger partial charge in [0.1, 0.15) is 10.6 Å². The average molecular weight is 474 g/mol. The number of ether oxygens (including phenoxy) is 2. The Morgan fingerprint density at radius 3 is 2.47 bits per heavy atom. The fraction of sp³-hybridized carbons (Fsp3) is 0.316. The van der Waals surface area contributed by atoms with Gasteiger partial charge in [-0.15, -0.1) is 0 Å². The molecular weight excluding hydrogens is 453 g/mol. The van der Waals surface area contributed by atoms with Gasteiger partial charge in [-0.25, -0.2) is 8.42 Å². The summed E-state index contributed by atoms with van der Waals surface area (Å²) in [5.41, 5.74) is 0.966. The number of anilines is 2. The van der Waals surface area contributed by atoms with Gasteiger partial charge in [0.15, 0.2) is 0 Å². The molecule has 2 aromatic rings. The third-order valence-electron chi connectivity index (χ3n) is 4.41. The van der Waals surface area contributed by atoms with E-state index in [9.17, 15) is 13.2 Å². The number of carbonyl (C=O) groups is 1. The molecule has 0 saturated carbocycles. The van der Waals surface area contributed by atoms with Crippen LogP contribution >= 0.6 is 23.2 Å². The van der Waals surface area contributed by atoms with Gasteiger partial charge in [0.25, 0.3) is 0 Å². The number of benzene rings is 2. The molecule has 11 heteroatoms. The van der Waals surface area contributed by atoms with E-state index in [1.165, 1.54) is 23.5 Å². The summed E-state index contributed by atoms with van der Waals surface area (Å²) < 4.78 is 37.8. The predicted molar refractivity (Wildman–Crippen MR) is 116 cm³/mol. The molecule has 0 bridgehead atoms. The van der Waals surface area contributed by atoms with Crippen LogP contribution in [0.2, 0.25) is 10.0 Å². The number of sulfonamides is 1. The maximum atomic E-state index is 13.0. The van der Waals surface area contributed by atoms with E-state index >= 15 is 0 Å². The molecular formula is C19H21Cl2N3O5S. The molecule has 0 atom stereocenters. The number of morpholine rings is 1. The number of amides is 1. The van der Waals surface area contributed by atoms with Crippen LogP contribution in [0.1, 0.15) is 0 Å². The molecule has 30 heavy (non-hydrogen) atoms. The number of rotatable bonds is 7. The van der Waals surface area contributed by atoms with E-state index in [4.69, 9.17) is 32.7 Å². The summed E-state index contributed by atoms with van der Waals surface area (Å²) >= 11 is 11.8. The first-order valence-electron chi connectivity index (χ1n) is 9.06. The Bertz CT molecular complexity index is 1030. The van der Waals surface area contributed by atoms with Crippen molar-refractivity contribution in [1.29, 1.82) is 0 Å². The molecule has 2 N–H and O–H groups in total. The lowest BCUT2D eigenvalue weighted by Gasteiger charge is -2.26. The molecule has 0 radical (unpaired) electrons. The second kappa shape index (κ2) is 9.84. The second-order valence-corrected chi connectivity index (χ2v) is 9.13. The van der Waals surface area contributed by atoms with Crippen LogP contribution < -0.4 is 15.4 Å². The number of halogens is 2. The molecule has 8 nitrogen and oxygen atoms in total. The average Bonchev–Trinajstić information content (AvgIpc) is 2.75. The monoisotopic (exact) mass is 473 g/mol. The van der Waals surface area contributed by atoms with Crippen molar-refractivity contribution in [2.24, 2.45) is 0 Å². The van der Waals surface area contributed by atoms with E-state index in [1.54, 1.807) is 24.3 Å². The fourth-order valence-corrected chi connectivity index (χ4v) is 4.76. The van der Waals surface area contributed by atoms with Crippen molar-refractivity contribution in [3.05, 3.63) is 46.4 Å². The molecule has 0 unspecified atom stereocenters. The minimum absolute atomic E-state index is 0.0119. The van der Waals surface area contributed by atoms with E-state index in [1.807, 2.05) is 0 Å². The summed E-state index contributed by atoms with van der Waals surface area (Å²) in [7, 11) is -2.40. The van der Waals surface area contributed by atoms with Crippen molar-refractivity contribution in [3.63, 3.8) is 0 Å². The maximum absolute atomic E-state index is 13.0. The van der Waals surface area contributed by atoms with Gasteiger partial charge in [-0.05, 0) is 36.4 Å². The standard InChI is InChI=1S/C19H21Cl2N3O5S/c1-28-17-5-3-14(11-18(17)30(26,27)24-6-8-29-9-7-24)23-19(25)12-22-13-2-4-15(20)16(21)10-13/h2-5,10-11,22H,6-9,12H2,1H3,(H,23,25). The highest BCUT2D eigenvalue weighted by Crippen LogP contribution is 2.30. The zero-order valence-electron chi connectivity index (χ0n) is 16.2. The Morgan fingerprint density at radius 1 is 1.10 bits per heavy atom. The Balaban J connectivity index is 1.72. The number of nitrogens with one attached hydrogen (secondary N) is 2. The number of hydrogen-bond donors (Lipinski definition) is 2. The summed E-state index contributed by atoms with van der Waals surface area (Å²) in [6, 6.07) is 9.40. The fourth-order valence-electron chi connectivity index (χ4n) is 2.88. The van der Waals surface area contributed by atoms with Crippen LogP contribution in [0.3, 0.4) is 0 Å². The summed E-state index contributed by atoms with van der Waals surface area (Å²) in [5.74, 6) is -0.158. The SMILES string of the molecule is COc1ccc(NC(=O)CNc2ccc(Cl)c(Cl)c2)cc1S(=O)(=O)N1CCOCC1. The van der Waals surface area contributed by atoms with Crippen LogP contribution in [0.4, 0.5) is 11.4 Å². The van der Waals surface area contributed by atoms with Crippen LogP contribution in [0.25, 0.3) is 0 Å². The minimum atomic E-state index is -3.79. The molecule has 1 aliphatic rings. The topological polar surface area (TPSA) is 97.0 Å². The summed E-state index contributed by atoms with van der Waals surface area (Å²) in [6.45, 7) is 1.14. The third-order valence-corrected chi connectivity index (χ3v) is 7.07. The van der Waals surface area contributed by atoms with Crippen LogP contribution in [-0.2, 0) is 19.6 Å². The van der Waals surface area contributed by atoms with Gasteiger partial charge in [-0.3, -0.25) is 4.79 Å². The van der Waals surface area contributed by atoms with Gasteiger partial charge >= 0.3 is 0 Å². The highest BCUT2D eigenvalue weighted by molar-refractivity contribution is 7.89.